The highest BCUT2D eigenvalue weighted by molar-refractivity contribution is 8.00. The second-order valence-corrected chi connectivity index (χ2v) is 6.38. The zero-order valence-electron chi connectivity index (χ0n) is 8.96. The molecule has 4 heteroatoms. The van der Waals surface area contributed by atoms with E-state index in [9.17, 15) is 4.79 Å². The highest BCUT2D eigenvalue weighted by Gasteiger charge is 2.45. The van der Waals surface area contributed by atoms with E-state index in [1.165, 1.54) is 0 Å². The molecule has 80 valence electrons. The van der Waals surface area contributed by atoms with Gasteiger partial charge < -0.3 is 10.6 Å². The van der Waals surface area contributed by atoms with E-state index in [1.807, 2.05) is 11.8 Å². The van der Waals surface area contributed by atoms with Gasteiger partial charge in [-0.3, -0.25) is 4.79 Å². The van der Waals surface area contributed by atoms with Crippen LogP contribution in [0.5, 0.6) is 0 Å². The van der Waals surface area contributed by atoms with Crippen LogP contribution in [0.4, 0.5) is 0 Å². The first-order valence-corrected chi connectivity index (χ1v) is 6.18. The van der Waals surface area contributed by atoms with E-state index in [-0.39, 0.29) is 11.3 Å². The average Bonchev–Trinajstić information content (AvgIpc) is 2.45. The Balaban J connectivity index is 2.12. The van der Waals surface area contributed by atoms with Crippen LogP contribution in [0.15, 0.2) is 0 Å². The van der Waals surface area contributed by atoms with Gasteiger partial charge in [0.2, 0.25) is 5.91 Å². The zero-order chi connectivity index (χ0) is 10.3. The van der Waals surface area contributed by atoms with Gasteiger partial charge in [-0.1, -0.05) is 20.8 Å². The van der Waals surface area contributed by atoms with Crippen LogP contribution >= 0.6 is 11.8 Å². The molecule has 2 aliphatic heterocycles. The van der Waals surface area contributed by atoms with Crippen molar-refractivity contribution in [2.24, 2.45) is 5.41 Å². The van der Waals surface area contributed by atoms with Crippen molar-refractivity contribution in [3.8, 4) is 0 Å². The van der Waals surface area contributed by atoms with Gasteiger partial charge in [0.15, 0.2) is 0 Å². The maximum atomic E-state index is 11.3. The number of piperazine rings is 1. The summed E-state index contributed by atoms with van der Waals surface area (Å²) in [7, 11) is 0. The van der Waals surface area contributed by atoms with Gasteiger partial charge in [-0.25, -0.2) is 0 Å². The summed E-state index contributed by atoms with van der Waals surface area (Å²) in [4.78, 5) is 11.3. The summed E-state index contributed by atoms with van der Waals surface area (Å²) in [6, 6.07) is 0.795. The molecule has 0 saturated carbocycles. The molecule has 2 saturated heterocycles. The highest BCUT2D eigenvalue weighted by Crippen LogP contribution is 2.40. The van der Waals surface area contributed by atoms with Crippen molar-refractivity contribution >= 4 is 17.7 Å². The summed E-state index contributed by atoms with van der Waals surface area (Å²) in [5.74, 6) is 1.26. The summed E-state index contributed by atoms with van der Waals surface area (Å²) < 4.78 is 0. The van der Waals surface area contributed by atoms with E-state index in [4.69, 9.17) is 0 Å². The van der Waals surface area contributed by atoms with Crippen molar-refractivity contribution < 1.29 is 4.79 Å². The molecule has 0 aliphatic carbocycles. The molecular formula is C10H18N2OS. The average molecular weight is 214 g/mol. The number of carbonyl (C=O) groups is 1. The van der Waals surface area contributed by atoms with Crippen molar-refractivity contribution in [1.82, 2.24) is 10.6 Å². The Morgan fingerprint density at radius 2 is 2.14 bits per heavy atom. The third kappa shape index (κ3) is 1.77. The lowest BCUT2D eigenvalue weighted by Crippen LogP contribution is -2.61. The molecule has 0 unspecified atom stereocenters. The molecule has 2 fully saturated rings. The van der Waals surface area contributed by atoms with Gasteiger partial charge in [-0.2, -0.15) is 11.8 Å². The first-order valence-electron chi connectivity index (χ1n) is 5.13. The van der Waals surface area contributed by atoms with Crippen molar-refractivity contribution in [2.75, 3.05) is 12.3 Å². The fourth-order valence-electron chi connectivity index (χ4n) is 2.24. The minimum atomic E-state index is 0.142. The molecule has 0 aromatic carbocycles. The lowest BCUT2D eigenvalue weighted by Gasteiger charge is -2.36. The van der Waals surface area contributed by atoms with Crippen LogP contribution in [0.3, 0.4) is 0 Å². The second-order valence-electron chi connectivity index (χ2n) is 5.20. The maximum absolute atomic E-state index is 11.3. The van der Waals surface area contributed by atoms with Gasteiger partial charge in [-0.15, -0.1) is 0 Å². The number of hydrogen-bond acceptors (Lipinski definition) is 3. The Labute approximate surface area is 89.4 Å². The van der Waals surface area contributed by atoms with Crippen molar-refractivity contribution in [1.29, 1.82) is 0 Å². The van der Waals surface area contributed by atoms with Gasteiger partial charge >= 0.3 is 0 Å². The van der Waals surface area contributed by atoms with Crippen molar-refractivity contribution in [3.63, 3.8) is 0 Å². The van der Waals surface area contributed by atoms with E-state index >= 15 is 0 Å². The first-order chi connectivity index (χ1) is 6.48. The molecule has 3 atom stereocenters. The predicted molar refractivity (Wildman–Crippen MR) is 59.4 cm³/mol. The Bertz CT molecular complexity index is 249. The SMILES string of the molecule is CC(C)(C)[C@H]1SC[C@@H]2NCC(=O)N[C@@H]21. The Hall–Kier alpha value is -0.220. The lowest BCUT2D eigenvalue weighted by atomic mass is 9.84. The number of amides is 1. The predicted octanol–water partition coefficient (Wildman–Crippen LogP) is 0.604. The third-order valence-corrected chi connectivity index (χ3v) is 4.83. The summed E-state index contributed by atoms with van der Waals surface area (Å²) in [6.45, 7) is 7.22. The number of carbonyl (C=O) groups excluding carboxylic acids is 1. The van der Waals surface area contributed by atoms with Gasteiger partial charge in [0, 0.05) is 17.0 Å². The van der Waals surface area contributed by atoms with E-state index in [0.29, 0.717) is 23.9 Å². The van der Waals surface area contributed by atoms with Crippen LogP contribution in [-0.4, -0.2) is 35.5 Å². The molecule has 14 heavy (non-hydrogen) atoms. The van der Waals surface area contributed by atoms with Crippen LogP contribution in [-0.2, 0) is 4.79 Å². The monoisotopic (exact) mass is 214 g/mol. The molecule has 3 nitrogen and oxygen atoms in total. The second kappa shape index (κ2) is 3.42. The number of nitrogens with one attached hydrogen (secondary N) is 2. The van der Waals surface area contributed by atoms with Gasteiger partial charge in [-0.05, 0) is 5.41 Å². The van der Waals surface area contributed by atoms with E-state index in [2.05, 4.69) is 31.4 Å². The highest BCUT2D eigenvalue weighted by atomic mass is 32.2. The molecule has 0 bridgehead atoms. The number of fused-ring (bicyclic) bond motifs is 1. The fraction of sp³-hybridized carbons (Fsp3) is 0.900. The molecule has 2 heterocycles. The van der Waals surface area contributed by atoms with Crippen molar-refractivity contribution in [3.05, 3.63) is 0 Å². The maximum Gasteiger partial charge on any atom is 0.234 e. The van der Waals surface area contributed by atoms with Gasteiger partial charge in [0.25, 0.3) is 0 Å². The summed E-state index contributed by atoms with van der Waals surface area (Å²) in [5, 5.41) is 6.94. The first kappa shape index (κ1) is 10.3. The largest absolute Gasteiger partial charge is 0.350 e. The molecule has 1 amide bonds. The standard InChI is InChI=1S/C10H18N2OS/c1-10(2,3)9-8-6(5-14-9)11-4-7(13)12-8/h6,8-9,11H,4-5H2,1-3H3,(H,12,13)/t6-,8-,9-/m0/s1. The summed E-state index contributed by atoms with van der Waals surface area (Å²) >= 11 is 1.98. The topological polar surface area (TPSA) is 41.1 Å². The van der Waals surface area contributed by atoms with Gasteiger partial charge in [0.1, 0.15) is 0 Å². The number of thioether (sulfide) groups is 1. The van der Waals surface area contributed by atoms with Crippen LogP contribution in [0.25, 0.3) is 0 Å². The summed E-state index contributed by atoms with van der Waals surface area (Å²) in [5.41, 5.74) is 0.260. The molecule has 2 rings (SSSR count). The number of rotatable bonds is 0. The normalized spacial score (nSPS) is 37.9. The van der Waals surface area contributed by atoms with Crippen LogP contribution in [0.2, 0.25) is 0 Å². The Morgan fingerprint density at radius 3 is 2.79 bits per heavy atom. The van der Waals surface area contributed by atoms with E-state index in [0.717, 1.165) is 5.75 Å². The van der Waals surface area contributed by atoms with E-state index < -0.39 is 0 Å². The van der Waals surface area contributed by atoms with Crippen LogP contribution in [0.1, 0.15) is 20.8 Å². The number of hydrogen-bond donors (Lipinski definition) is 2. The lowest BCUT2D eigenvalue weighted by molar-refractivity contribution is -0.122. The molecule has 2 N–H and O–H groups in total. The van der Waals surface area contributed by atoms with E-state index in [1.54, 1.807) is 0 Å². The molecule has 0 spiro atoms. The smallest absolute Gasteiger partial charge is 0.234 e. The zero-order valence-corrected chi connectivity index (χ0v) is 9.78. The third-order valence-electron chi connectivity index (χ3n) is 2.92. The van der Waals surface area contributed by atoms with Crippen LogP contribution < -0.4 is 10.6 Å². The van der Waals surface area contributed by atoms with Gasteiger partial charge in [0.05, 0.1) is 12.6 Å². The molecular weight excluding hydrogens is 196 g/mol. The molecule has 2 aliphatic rings. The van der Waals surface area contributed by atoms with Crippen LogP contribution in [0, 0.1) is 5.41 Å². The minimum Gasteiger partial charge on any atom is -0.350 e. The molecule has 0 aromatic rings. The summed E-state index contributed by atoms with van der Waals surface area (Å²) in [6.07, 6.45) is 0. The minimum absolute atomic E-state index is 0.142. The molecule has 0 aromatic heterocycles. The molecule has 0 radical (unpaired) electrons. The quantitative estimate of drug-likeness (QED) is 0.620. The van der Waals surface area contributed by atoms with Crippen molar-refractivity contribution in [2.45, 2.75) is 38.1 Å². The Morgan fingerprint density at radius 1 is 1.43 bits per heavy atom. The Kier molecular flexibility index (Phi) is 2.52. The fourth-order valence-corrected chi connectivity index (χ4v) is 3.94.